The van der Waals surface area contributed by atoms with Crippen molar-refractivity contribution in [1.29, 1.82) is 0 Å². The van der Waals surface area contributed by atoms with Crippen molar-refractivity contribution in [1.82, 2.24) is 9.88 Å². The predicted octanol–water partition coefficient (Wildman–Crippen LogP) is 5.84. The van der Waals surface area contributed by atoms with E-state index in [0.29, 0.717) is 18.3 Å². The first-order valence-corrected chi connectivity index (χ1v) is 12.2. The molecule has 33 heavy (non-hydrogen) atoms. The Morgan fingerprint density at radius 2 is 2.03 bits per heavy atom. The van der Waals surface area contributed by atoms with Crippen LogP contribution in [-0.4, -0.2) is 34.3 Å². The van der Waals surface area contributed by atoms with Gasteiger partial charge in [-0.1, -0.05) is 61.5 Å². The SMILES string of the molecule is Cc1ccc(-c2ccncc2C2SCC(=O)N2CC(C)C)cc1C=NOCc1ccccc1. The molecule has 6 heteroatoms. The zero-order valence-electron chi connectivity index (χ0n) is 19.3. The monoisotopic (exact) mass is 459 g/mol. The van der Waals surface area contributed by atoms with Gasteiger partial charge in [0, 0.05) is 24.5 Å². The molecule has 1 unspecified atom stereocenters. The van der Waals surface area contributed by atoms with Gasteiger partial charge in [-0.05, 0) is 52.8 Å². The number of pyridine rings is 1. The first kappa shape index (κ1) is 23.1. The van der Waals surface area contributed by atoms with E-state index in [1.165, 1.54) is 0 Å². The molecule has 1 aliphatic heterocycles. The minimum Gasteiger partial charge on any atom is -0.391 e. The maximum atomic E-state index is 12.5. The van der Waals surface area contributed by atoms with Crippen molar-refractivity contribution in [2.24, 2.45) is 11.1 Å². The molecule has 0 spiro atoms. The highest BCUT2D eigenvalue weighted by molar-refractivity contribution is 8.00. The van der Waals surface area contributed by atoms with Crippen LogP contribution in [0, 0.1) is 12.8 Å². The highest BCUT2D eigenvalue weighted by atomic mass is 32.2. The number of benzene rings is 2. The van der Waals surface area contributed by atoms with E-state index in [4.69, 9.17) is 4.84 Å². The number of aromatic nitrogens is 1. The van der Waals surface area contributed by atoms with E-state index >= 15 is 0 Å². The summed E-state index contributed by atoms with van der Waals surface area (Å²) < 4.78 is 0. The smallest absolute Gasteiger partial charge is 0.233 e. The van der Waals surface area contributed by atoms with E-state index in [0.717, 1.165) is 39.9 Å². The van der Waals surface area contributed by atoms with Crippen molar-refractivity contribution in [2.45, 2.75) is 32.8 Å². The Morgan fingerprint density at radius 3 is 2.82 bits per heavy atom. The van der Waals surface area contributed by atoms with Crippen LogP contribution < -0.4 is 0 Å². The summed E-state index contributed by atoms with van der Waals surface area (Å²) in [5.74, 6) is 1.12. The van der Waals surface area contributed by atoms with Crippen LogP contribution in [0.5, 0.6) is 0 Å². The maximum Gasteiger partial charge on any atom is 0.233 e. The van der Waals surface area contributed by atoms with Gasteiger partial charge in [0.2, 0.25) is 5.91 Å². The maximum absolute atomic E-state index is 12.5. The van der Waals surface area contributed by atoms with Gasteiger partial charge >= 0.3 is 0 Å². The summed E-state index contributed by atoms with van der Waals surface area (Å²) in [6.45, 7) is 7.52. The van der Waals surface area contributed by atoms with Gasteiger partial charge in [0.05, 0.1) is 12.0 Å². The Labute approximate surface area is 199 Å². The number of hydrogen-bond acceptors (Lipinski definition) is 5. The molecular formula is C27H29N3O2S. The molecule has 1 saturated heterocycles. The topological polar surface area (TPSA) is 54.8 Å². The van der Waals surface area contributed by atoms with Crippen LogP contribution in [0.4, 0.5) is 0 Å². The first-order chi connectivity index (χ1) is 16.0. The van der Waals surface area contributed by atoms with Gasteiger partial charge in [0.25, 0.3) is 0 Å². The number of amides is 1. The molecular weight excluding hydrogens is 430 g/mol. The van der Waals surface area contributed by atoms with E-state index in [-0.39, 0.29) is 11.3 Å². The van der Waals surface area contributed by atoms with Gasteiger partial charge in [0.15, 0.2) is 0 Å². The second kappa shape index (κ2) is 10.7. The van der Waals surface area contributed by atoms with Crippen molar-refractivity contribution in [3.05, 3.63) is 89.2 Å². The van der Waals surface area contributed by atoms with E-state index in [9.17, 15) is 4.79 Å². The molecule has 0 saturated carbocycles. The summed E-state index contributed by atoms with van der Waals surface area (Å²) in [5.41, 5.74) is 6.43. The quantitative estimate of drug-likeness (QED) is 0.314. The third-order valence-corrected chi connectivity index (χ3v) is 6.82. The average Bonchev–Trinajstić information content (AvgIpc) is 3.18. The molecule has 1 fully saturated rings. The van der Waals surface area contributed by atoms with Crippen molar-refractivity contribution < 1.29 is 9.63 Å². The molecule has 170 valence electrons. The number of carbonyl (C=O) groups is 1. The summed E-state index contributed by atoms with van der Waals surface area (Å²) in [4.78, 5) is 24.4. The van der Waals surface area contributed by atoms with Crippen LogP contribution >= 0.6 is 11.8 Å². The van der Waals surface area contributed by atoms with Gasteiger partial charge in [-0.2, -0.15) is 0 Å². The van der Waals surface area contributed by atoms with E-state index in [2.05, 4.69) is 49.1 Å². The number of hydrogen-bond donors (Lipinski definition) is 0. The Morgan fingerprint density at radius 1 is 1.21 bits per heavy atom. The van der Waals surface area contributed by atoms with Crippen molar-refractivity contribution >= 4 is 23.9 Å². The summed E-state index contributed by atoms with van der Waals surface area (Å²) in [7, 11) is 0. The Bertz CT molecular complexity index is 1130. The molecule has 0 N–H and O–H groups in total. The third kappa shape index (κ3) is 5.63. The van der Waals surface area contributed by atoms with Gasteiger partial charge in [-0.25, -0.2) is 0 Å². The molecule has 2 heterocycles. The summed E-state index contributed by atoms with van der Waals surface area (Å²) in [6, 6.07) is 18.4. The average molecular weight is 460 g/mol. The normalized spacial score (nSPS) is 16.2. The van der Waals surface area contributed by atoms with E-state index in [1.807, 2.05) is 53.7 Å². The number of carbonyl (C=O) groups excluding carboxylic acids is 1. The van der Waals surface area contributed by atoms with Crippen LogP contribution in [0.15, 0.2) is 72.1 Å². The first-order valence-electron chi connectivity index (χ1n) is 11.2. The number of rotatable bonds is 8. The Kier molecular flexibility index (Phi) is 7.45. The lowest BCUT2D eigenvalue weighted by Gasteiger charge is -2.27. The molecule has 0 radical (unpaired) electrons. The van der Waals surface area contributed by atoms with Crippen LogP contribution in [0.3, 0.4) is 0 Å². The highest BCUT2D eigenvalue weighted by Gasteiger charge is 2.34. The molecule has 1 atom stereocenters. The molecule has 0 aliphatic carbocycles. The van der Waals surface area contributed by atoms with Crippen LogP contribution in [-0.2, 0) is 16.2 Å². The molecule has 1 aromatic heterocycles. The zero-order chi connectivity index (χ0) is 23.2. The van der Waals surface area contributed by atoms with Crippen molar-refractivity contribution in [3.63, 3.8) is 0 Å². The van der Waals surface area contributed by atoms with E-state index in [1.54, 1.807) is 18.0 Å². The lowest BCUT2D eigenvalue weighted by atomic mass is 9.97. The molecule has 1 aliphatic rings. The summed E-state index contributed by atoms with van der Waals surface area (Å²) in [5, 5.41) is 4.18. The van der Waals surface area contributed by atoms with Gasteiger partial charge in [-0.3, -0.25) is 9.78 Å². The van der Waals surface area contributed by atoms with Crippen LogP contribution in [0.25, 0.3) is 11.1 Å². The van der Waals surface area contributed by atoms with E-state index < -0.39 is 0 Å². The molecule has 2 aromatic carbocycles. The standard InChI is InChI=1S/C27H29N3O2S/c1-19(2)16-30-26(31)18-33-27(30)25-15-28-12-11-24(25)22-10-9-20(3)23(13-22)14-29-32-17-21-7-5-4-6-8-21/h4-15,19,27H,16-18H2,1-3H3. The number of thioether (sulfide) groups is 1. The Hall–Kier alpha value is -3.12. The third-order valence-electron chi connectivity index (χ3n) is 5.58. The summed E-state index contributed by atoms with van der Waals surface area (Å²) in [6.07, 6.45) is 5.47. The Balaban J connectivity index is 1.57. The lowest BCUT2D eigenvalue weighted by molar-refractivity contribution is -0.128. The lowest BCUT2D eigenvalue weighted by Crippen LogP contribution is -2.31. The number of aryl methyl sites for hydroxylation is 1. The number of nitrogens with zero attached hydrogens (tertiary/aromatic N) is 3. The molecule has 3 aromatic rings. The predicted molar refractivity (Wildman–Crippen MR) is 135 cm³/mol. The fourth-order valence-corrected chi connectivity index (χ4v) is 5.11. The molecule has 1 amide bonds. The zero-order valence-corrected chi connectivity index (χ0v) is 20.1. The fraction of sp³-hybridized carbons (Fsp3) is 0.296. The second-order valence-corrected chi connectivity index (χ2v) is 9.70. The molecule has 0 bridgehead atoms. The van der Waals surface area contributed by atoms with Crippen molar-refractivity contribution in [3.8, 4) is 11.1 Å². The van der Waals surface area contributed by atoms with Gasteiger partial charge in [0.1, 0.15) is 12.0 Å². The minimum atomic E-state index is -0.0174. The molecule has 5 nitrogen and oxygen atoms in total. The largest absolute Gasteiger partial charge is 0.391 e. The van der Waals surface area contributed by atoms with Gasteiger partial charge in [-0.15, -0.1) is 11.8 Å². The highest BCUT2D eigenvalue weighted by Crippen LogP contribution is 2.42. The van der Waals surface area contributed by atoms with Crippen LogP contribution in [0.2, 0.25) is 0 Å². The van der Waals surface area contributed by atoms with Crippen LogP contribution in [0.1, 0.15) is 41.5 Å². The van der Waals surface area contributed by atoms with Crippen molar-refractivity contribution in [2.75, 3.05) is 12.3 Å². The number of oxime groups is 1. The molecule has 4 rings (SSSR count). The van der Waals surface area contributed by atoms with Gasteiger partial charge < -0.3 is 9.74 Å². The second-order valence-electron chi connectivity index (χ2n) is 8.63. The summed E-state index contributed by atoms with van der Waals surface area (Å²) >= 11 is 1.67. The fourth-order valence-electron chi connectivity index (χ4n) is 3.90. The minimum absolute atomic E-state index is 0.0174.